The van der Waals surface area contributed by atoms with Gasteiger partial charge in [0.15, 0.2) is 0 Å². The molecule has 0 bridgehead atoms. The Kier molecular flexibility index (Phi) is 6.81. The van der Waals surface area contributed by atoms with Gasteiger partial charge in [-0.1, -0.05) is 36.7 Å². The number of nitrogens with zero attached hydrogens (tertiary/aromatic N) is 2. The van der Waals surface area contributed by atoms with Gasteiger partial charge in [-0.15, -0.1) is 0 Å². The highest BCUT2D eigenvalue weighted by atomic mass is 35.5. The molecule has 4 nitrogen and oxygen atoms in total. The van der Waals surface area contributed by atoms with Crippen LogP contribution >= 0.6 is 11.6 Å². The van der Waals surface area contributed by atoms with Gasteiger partial charge in [0, 0.05) is 28.5 Å². The molecule has 0 spiro atoms. The summed E-state index contributed by atoms with van der Waals surface area (Å²) in [7, 11) is 0. The Morgan fingerprint density at radius 2 is 1.97 bits per heavy atom. The number of hydrogen-bond donors (Lipinski definition) is 1. The average Bonchev–Trinajstić information content (AvgIpc) is 2.72. The van der Waals surface area contributed by atoms with Crippen LogP contribution in [0.1, 0.15) is 56.4 Å². The molecule has 3 rings (SSSR count). The van der Waals surface area contributed by atoms with Crippen molar-refractivity contribution in [2.75, 3.05) is 16.8 Å². The van der Waals surface area contributed by atoms with Gasteiger partial charge in [0.05, 0.1) is 5.54 Å². The summed E-state index contributed by atoms with van der Waals surface area (Å²) in [5.74, 6) is -0.448. The van der Waals surface area contributed by atoms with Gasteiger partial charge >= 0.3 is 0 Å². The maximum Gasteiger partial charge on any atom is 0.266 e. The fourth-order valence-corrected chi connectivity index (χ4v) is 4.45. The van der Waals surface area contributed by atoms with E-state index in [4.69, 9.17) is 11.6 Å². The number of carbonyl (C=O) groups excluding carboxylic acids is 1. The maximum atomic E-state index is 12.8. The minimum Gasteiger partial charge on any atom is -0.362 e. The number of nitriles is 1. The highest BCUT2D eigenvalue weighted by Crippen LogP contribution is 2.42. The van der Waals surface area contributed by atoms with Crippen molar-refractivity contribution in [1.82, 2.24) is 0 Å². The number of hydrogen-bond acceptors (Lipinski definition) is 3. The van der Waals surface area contributed by atoms with Crippen molar-refractivity contribution < 1.29 is 4.79 Å². The average molecular weight is 448 g/mol. The van der Waals surface area contributed by atoms with Gasteiger partial charge in [-0.2, -0.15) is 5.26 Å². The minimum atomic E-state index is -0.448. The summed E-state index contributed by atoms with van der Waals surface area (Å²) < 4.78 is 0. The normalized spacial score (nSPS) is 15.0. The first kappa shape index (κ1) is 23.6. The third-order valence-electron chi connectivity index (χ3n) is 6.06. The number of anilines is 2. The van der Waals surface area contributed by atoms with Crippen LogP contribution in [0.2, 0.25) is 5.02 Å². The van der Waals surface area contributed by atoms with Crippen molar-refractivity contribution >= 4 is 40.5 Å². The lowest BCUT2D eigenvalue weighted by atomic mass is 9.87. The first-order chi connectivity index (χ1) is 15.1. The van der Waals surface area contributed by atoms with E-state index in [1.54, 1.807) is 6.08 Å². The lowest BCUT2D eigenvalue weighted by Crippen LogP contribution is -2.45. The number of amides is 1. The molecule has 32 heavy (non-hydrogen) atoms. The topological polar surface area (TPSA) is 56.1 Å². The Bertz CT molecular complexity index is 1170. The van der Waals surface area contributed by atoms with Crippen LogP contribution in [0.4, 0.5) is 11.4 Å². The molecule has 2 aromatic rings. The van der Waals surface area contributed by atoms with Crippen LogP contribution in [-0.4, -0.2) is 18.0 Å². The van der Waals surface area contributed by atoms with E-state index in [1.165, 1.54) is 0 Å². The van der Waals surface area contributed by atoms with E-state index in [9.17, 15) is 10.1 Å². The van der Waals surface area contributed by atoms with Gasteiger partial charge in [0.2, 0.25) is 0 Å². The zero-order valence-electron chi connectivity index (χ0n) is 19.6. The largest absolute Gasteiger partial charge is 0.362 e. The monoisotopic (exact) mass is 447 g/mol. The highest BCUT2D eigenvalue weighted by molar-refractivity contribution is 6.32. The van der Waals surface area contributed by atoms with Crippen molar-refractivity contribution in [2.45, 2.75) is 53.5 Å². The van der Waals surface area contributed by atoms with Crippen molar-refractivity contribution in [3.05, 3.63) is 69.3 Å². The molecule has 1 aliphatic rings. The standard InChI is InChI=1S/C27H30ClN3O/c1-7-11-31-25-14-23(28)20(13-22(25)18(3)15-27(31,5)6)12-21(16-29)26(32)30-24-10-8-9-17(2)19(24)4/h8-10,12-15H,7,11H2,1-6H3,(H,30,32)/b21-12+. The number of carbonyl (C=O) groups is 1. The number of allylic oxidation sites excluding steroid dienone is 1. The van der Waals surface area contributed by atoms with Crippen molar-refractivity contribution in [3.8, 4) is 6.07 Å². The van der Waals surface area contributed by atoms with Crippen molar-refractivity contribution in [3.63, 3.8) is 0 Å². The number of rotatable bonds is 5. The molecule has 0 radical (unpaired) electrons. The maximum absolute atomic E-state index is 12.8. The lowest BCUT2D eigenvalue weighted by molar-refractivity contribution is -0.112. The second-order valence-electron chi connectivity index (χ2n) is 8.89. The van der Waals surface area contributed by atoms with E-state index in [1.807, 2.05) is 50.2 Å². The Labute approximate surface area is 196 Å². The summed E-state index contributed by atoms with van der Waals surface area (Å²) in [6.45, 7) is 13.5. The summed E-state index contributed by atoms with van der Waals surface area (Å²) in [6.07, 6.45) is 4.84. The van der Waals surface area contributed by atoms with Crippen LogP contribution in [0.5, 0.6) is 0 Å². The van der Waals surface area contributed by atoms with Crippen LogP contribution < -0.4 is 10.2 Å². The molecule has 1 heterocycles. The third kappa shape index (κ3) is 4.59. The fraction of sp³-hybridized carbons (Fsp3) is 0.333. The molecule has 1 aliphatic heterocycles. The second-order valence-corrected chi connectivity index (χ2v) is 9.30. The van der Waals surface area contributed by atoms with E-state index < -0.39 is 5.91 Å². The van der Waals surface area contributed by atoms with E-state index in [0.717, 1.165) is 40.9 Å². The predicted octanol–water partition coefficient (Wildman–Crippen LogP) is 6.91. The molecule has 0 saturated carbocycles. The molecule has 5 heteroatoms. The highest BCUT2D eigenvalue weighted by Gasteiger charge is 2.31. The lowest BCUT2D eigenvalue weighted by Gasteiger charge is -2.43. The number of aryl methyl sites for hydroxylation is 1. The van der Waals surface area contributed by atoms with Gasteiger partial charge in [-0.05, 0) is 87.6 Å². The Morgan fingerprint density at radius 3 is 2.62 bits per heavy atom. The van der Waals surface area contributed by atoms with Crippen LogP contribution in [-0.2, 0) is 4.79 Å². The third-order valence-corrected chi connectivity index (χ3v) is 6.39. The molecule has 1 amide bonds. The summed E-state index contributed by atoms with van der Waals surface area (Å²) in [5.41, 5.74) is 6.60. The Morgan fingerprint density at radius 1 is 1.25 bits per heavy atom. The molecule has 0 aromatic heterocycles. The Hall–Kier alpha value is -3.03. The first-order valence-corrected chi connectivity index (χ1v) is 11.3. The van der Waals surface area contributed by atoms with E-state index >= 15 is 0 Å². The van der Waals surface area contributed by atoms with E-state index in [-0.39, 0.29) is 11.1 Å². The van der Waals surface area contributed by atoms with Gasteiger partial charge in [-0.25, -0.2) is 0 Å². The molecular formula is C27H30ClN3O. The number of halogens is 1. The van der Waals surface area contributed by atoms with Crippen LogP contribution in [0.15, 0.2) is 42.0 Å². The minimum absolute atomic E-state index is 0.0101. The summed E-state index contributed by atoms with van der Waals surface area (Å²) in [5, 5.41) is 13.1. The Balaban J connectivity index is 2.01. The SMILES string of the molecule is CCCN1c2cc(Cl)c(/C=C(\C#N)C(=O)Nc3cccc(C)c3C)cc2C(C)=CC1(C)C. The van der Waals surface area contributed by atoms with Gasteiger partial charge in [0.1, 0.15) is 11.6 Å². The molecule has 166 valence electrons. The molecule has 0 fully saturated rings. The summed E-state index contributed by atoms with van der Waals surface area (Å²) in [4.78, 5) is 15.2. The smallest absolute Gasteiger partial charge is 0.266 e. The summed E-state index contributed by atoms with van der Waals surface area (Å²) >= 11 is 6.65. The van der Waals surface area contributed by atoms with E-state index in [2.05, 4.69) is 44.0 Å². The predicted molar refractivity (Wildman–Crippen MR) is 135 cm³/mol. The van der Waals surface area contributed by atoms with Gasteiger partial charge in [-0.3, -0.25) is 4.79 Å². The number of nitrogens with one attached hydrogen (secondary N) is 1. The van der Waals surface area contributed by atoms with Crippen molar-refractivity contribution in [1.29, 1.82) is 5.26 Å². The zero-order valence-corrected chi connectivity index (χ0v) is 20.4. The number of benzene rings is 2. The van der Waals surface area contributed by atoms with Crippen molar-refractivity contribution in [2.24, 2.45) is 0 Å². The zero-order chi connectivity index (χ0) is 23.6. The molecular weight excluding hydrogens is 418 g/mol. The van der Waals surface area contributed by atoms with Gasteiger partial charge in [0.25, 0.3) is 5.91 Å². The fourth-order valence-electron chi connectivity index (χ4n) is 4.24. The molecule has 0 saturated heterocycles. The number of fused-ring (bicyclic) bond motifs is 1. The second kappa shape index (κ2) is 9.22. The van der Waals surface area contributed by atoms with Crippen LogP contribution in [0.3, 0.4) is 0 Å². The van der Waals surface area contributed by atoms with E-state index in [0.29, 0.717) is 16.3 Å². The summed E-state index contributed by atoms with van der Waals surface area (Å²) in [6, 6.07) is 11.7. The molecule has 1 N–H and O–H groups in total. The molecule has 2 aromatic carbocycles. The quantitative estimate of drug-likeness (QED) is 0.400. The van der Waals surface area contributed by atoms with Crippen LogP contribution in [0.25, 0.3) is 11.6 Å². The van der Waals surface area contributed by atoms with Gasteiger partial charge < -0.3 is 10.2 Å². The molecule has 0 unspecified atom stereocenters. The molecule has 0 aliphatic carbocycles. The molecule has 0 atom stereocenters. The van der Waals surface area contributed by atoms with Crippen LogP contribution in [0, 0.1) is 25.2 Å². The first-order valence-electron chi connectivity index (χ1n) is 10.9.